The molecular formula is C12H15N3O3. The lowest BCUT2D eigenvalue weighted by molar-refractivity contribution is -0.384. The largest absolute Gasteiger partial charge is 0.379 e. The van der Waals surface area contributed by atoms with E-state index in [9.17, 15) is 14.9 Å². The van der Waals surface area contributed by atoms with Crippen LogP contribution in [0.15, 0.2) is 12.1 Å². The molecule has 0 unspecified atom stereocenters. The SMILES string of the molecule is CCCNc1cc2c(cc1[N+](=O)[O-])CCC(=O)N2. The van der Waals surface area contributed by atoms with Gasteiger partial charge in [0, 0.05) is 24.7 Å². The van der Waals surface area contributed by atoms with E-state index < -0.39 is 4.92 Å². The van der Waals surface area contributed by atoms with Crippen LogP contribution in [0.1, 0.15) is 25.3 Å². The van der Waals surface area contributed by atoms with Crippen LogP contribution in [0.2, 0.25) is 0 Å². The normalized spacial score (nSPS) is 13.7. The predicted molar refractivity (Wildman–Crippen MR) is 68.8 cm³/mol. The van der Waals surface area contributed by atoms with Crippen molar-refractivity contribution in [3.05, 3.63) is 27.8 Å². The van der Waals surface area contributed by atoms with Crippen molar-refractivity contribution in [3.8, 4) is 0 Å². The van der Waals surface area contributed by atoms with Crippen LogP contribution in [0.3, 0.4) is 0 Å². The monoisotopic (exact) mass is 249 g/mol. The summed E-state index contributed by atoms with van der Waals surface area (Å²) in [5, 5.41) is 16.8. The first-order valence-electron chi connectivity index (χ1n) is 5.97. The number of aryl methyl sites for hydroxylation is 1. The molecule has 1 heterocycles. The summed E-state index contributed by atoms with van der Waals surface area (Å²) in [6.07, 6.45) is 1.81. The summed E-state index contributed by atoms with van der Waals surface area (Å²) in [5.74, 6) is -0.0437. The highest BCUT2D eigenvalue weighted by Crippen LogP contribution is 2.33. The molecule has 0 radical (unpaired) electrons. The molecule has 0 atom stereocenters. The zero-order valence-electron chi connectivity index (χ0n) is 10.2. The summed E-state index contributed by atoms with van der Waals surface area (Å²) >= 11 is 0. The van der Waals surface area contributed by atoms with Gasteiger partial charge in [-0.25, -0.2) is 0 Å². The third kappa shape index (κ3) is 2.42. The van der Waals surface area contributed by atoms with Gasteiger partial charge in [-0.2, -0.15) is 0 Å². The molecule has 1 aliphatic heterocycles. The van der Waals surface area contributed by atoms with Crippen LogP contribution in [-0.2, 0) is 11.2 Å². The number of nitro groups is 1. The zero-order chi connectivity index (χ0) is 13.1. The number of amides is 1. The minimum absolute atomic E-state index is 0.0437. The summed E-state index contributed by atoms with van der Waals surface area (Å²) in [7, 11) is 0. The van der Waals surface area contributed by atoms with E-state index >= 15 is 0 Å². The first-order valence-corrected chi connectivity index (χ1v) is 5.97. The Balaban J connectivity index is 2.40. The van der Waals surface area contributed by atoms with E-state index in [0.29, 0.717) is 30.8 Å². The molecule has 6 nitrogen and oxygen atoms in total. The Morgan fingerprint density at radius 1 is 1.44 bits per heavy atom. The van der Waals surface area contributed by atoms with E-state index in [2.05, 4.69) is 10.6 Å². The molecule has 0 aliphatic carbocycles. The third-order valence-corrected chi connectivity index (χ3v) is 2.88. The van der Waals surface area contributed by atoms with Gasteiger partial charge in [-0.3, -0.25) is 14.9 Å². The van der Waals surface area contributed by atoms with Crippen molar-refractivity contribution in [1.29, 1.82) is 0 Å². The molecule has 0 fully saturated rings. The van der Waals surface area contributed by atoms with Crippen molar-refractivity contribution >= 4 is 23.0 Å². The molecule has 0 aromatic heterocycles. The van der Waals surface area contributed by atoms with Crippen LogP contribution >= 0.6 is 0 Å². The molecule has 1 aromatic rings. The number of rotatable bonds is 4. The summed E-state index contributed by atoms with van der Waals surface area (Å²) in [4.78, 5) is 21.9. The van der Waals surface area contributed by atoms with Crippen LogP contribution in [0, 0.1) is 10.1 Å². The van der Waals surface area contributed by atoms with Gasteiger partial charge >= 0.3 is 0 Å². The standard InChI is InChI=1S/C12H15N3O3/c1-2-5-13-10-7-9-8(3-4-12(16)14-9)6-11(10)15(17)18/h6-7,13H,2-5H2,1H3,(H,14,16). The number of hydrogen-bond donors (Lipinski definition) is 2. The Kier molecular flexibility index (Phi) is 3.45. The second kappa shape index (κ2) is 5.03. The van der Waals surface area contributed by atoms with Gasteiger partial charge in [0.2, 0.25) is 5.91 Å². The molecule has 0 bridgehead atoms. The summed E-state index contributed by atoms with van der Waals surface area (Å²) in [5.41, 5.74) is 2.03. The fraction of sp³-hybridized carbons (Fsp3) is 0.417. The van der Waals surface area contributed by atoms with Gasteiger partial charge in [0.25, 0.3) is 5.69 Å². The smallest absolute Gasteiger partial charge is 0.292 e. The van der Waals surface area contributed by atoms with E-state index in [1.165, 1.54) is 0 Å². The molecule has 0 spiro atoms. The fourth-order valence-corrected chi connectivity index (χ4v) is 1.97. The van der Waals surface area contributed by atoms with Gasteiger partial charge in [-0.1, -0.05) is 6.92 Å². The number of carbonyl (C=O) groups excluding carboxylic acids is 1. The first kappa shape index (κ1) is 12.3. The maximum absolute atomic E-state index is 11.3. The highest BCUT2D eigenvalue weighted by molar-refractivity contribution is 5.95. The lowest BCUT2D eigenvalue weighted by atomic mass is 10.0. The maximum atomic E-state index is 11.3. The second-order valence-electron chi connectivity index (χ2n) is 4.26. The summed E-state index contributed by atoms with van der Waals surface area (Å²) < 4.78 is 0. The van der Waals surface area contributed by atoms with Crippen LogP contribution in [-0.4, -0.2) is 17.4 Å². The maximum Gasteiger partial charge on any atom is 0.292 e. The van der Waals surface area contributed by atoms with Crippen molar-refractivity contribution in [1.82, 2.24) is 0 Å². The molecule has 96 valence electrons. The van der Waals surface area contributed by atoms with Gasteiger partial charge in [0.1, 0.15) is 5.69 Å². The van der Waals surface area contributed by atoms with Gasteiger partial charge in [0.05, 0.1) is 4.92 Å². The zero-order valence-corrected chi connectivity index (χ0v) is 10.2. The molecule has 6 heteroatoms. The molecule has 1 aliphatic rings. The molecule has 1 aromatic carbocycles. The molecule has 0 saturated carbocycles. The number of fused-ring (bicyclic) bond motifs is 1. The Bertz CT molecular complexity index is 500. The quantitative estimate of drug-likeness (QED) is 0.633. The second-order valence-corrected chi connectivity index (χ2v) is 4.26. The highest BCUT2D eigenvalue weighted by atomic mass is 16.6. The van der Waals surface area contributed by atoms with E-state index in [4.69, 9.17) is 0 Å². The number of benzene rings is 1. The minimum Gasteiger partial charge on any atom is -0.379 e. The van der Waals surface area contributed by atoms with Crippen molar-refractivity contribution < 1.29 is 9.72 Å². The van der Waals surface area contributed by atoms with Crippen molar-refractivity contribution in [2.24, 2.45) is 0 Å². The molecule has 2 N–H and O–H groups in total. The molecule has 18 heavy (non-hydrogen) atoms. The number of carbonyl (C=O) groups is 1. The van der Waals surface area contributed by atoms with Gasteiger partial charge in [-0.05, 0) is 24.5 Å². The van der Waals surface area contributed by atoms with E-state index in [1.54, 1.807) is 12.1 Å². The molecular weight excluding hydrogens is 234 g/mol. The number of nitro benzene ring substituents is 1. The van der Waals surface area contributed by atoms with Gasteiger partial charge < -0.3 is 10.6 Å². The number of nitrogens with zero attached hydrogens (tertiary/aromatic N) is 1. The molecule has 0 saturated heterocycles. The van der Waals surface area contributed by atoms with Gasteiger partial charge in [-0.15, -0.1) is 0 Å². The topological polar surface area (TPSA) is 84.3 Å². The Labute approximate surface area is 105 Å². The average molecular weight is 249 g/mol. The van der Waals surface area contributed by atoms with Crippen LogP contribution in [0.25, 0.3) is 0 Å². The average Bonchev–Trinajstić information content (AvgIpc) is 2.34. The number of nitrogens with one attached hydrogen (secondary N) is 2. The summed E-state index contributed by atoms with van der Waals surface area (Å²) in [6, 6.07) is 3.20. The third-order valence-electron chi connectivity index (χ3n) is 2.88. The lowest BCUT2D eigenvalue weighted by Gasteiger charge is -2.18. The Morgan fingerprint density at radius 3 is 2.89 bits per heavy atom. The van der Waals surface area contributed by atoms with Crippen molar-refractivity contribution in [3.63, 3.8) is 0 Å². The Hall–Kier alpha value is -2.11. The number of anilines is 2. The van der Waals surface area contributed by atoms with Gasteiger partial charge in [0.15, 0.2) is 0 Å². The van der Waals surface area contributed by atoms with E-state index in [-0.39, 0.29) is 11.6 Å². The van der Waals surface area contributed by atoms with Crippen molar-refractivity contribution in [2.45, 2.75) is 26.2 Å². The van der Waals surface area contributed by atoms with Crippen LogP contribution in [0.5, 0.6) is 0 Å². The van der Waals surface area contributed by atoms with Crippen LogP contribution < -0.4 is 10.6 Å². The van der Waals surface area contributed by atoms with Crippen LogP contribution in [0.4, 0.5) is 17.1 Å². The van der Waals surface area contributed by atoms with E-state index in [0.717, 1.165) is 12.0 Å². The van der Waals surface area contributed by atoms with Crippen molar-refractivity contribution in [2.75, 3.05) is 17.2 Å². The fourth-order valence-electron chi connectivity index (χ4n) is 1.97. The first-order chi connectivity index (χ1) is 8.61. The lowest BCUT2D eigenvalue weighted by Crippen LogP contribution is -2.19. The number of hydrogen-bond acceptors (Lipinski definition) is 4. The highest BCUT2D eigenvalue weighted by Gasteiger charge is 2.22. The minimum atomic E-state index is -0.394. The Morgan fingerprint density at radius 2 is 2.22 bits per heavy atom. The van der Waals surface area contributed by atoms with E-state index in [1.807, 2.05) is 6.92 Å². The predicted octanol–water partition coefficient (Wildman–Crippen LogP) is 2.30. The summed E-state index contributed by atoms with van der Waals surface area (Å²) in [6.45, 7) is 2.65. The molecule has 1 amide bonds. The molecule has 2 rings (SSSR count).